The third-order valence-electron chi connectivity index (χ3n) is 4.17. The number of rotatable bonds is 10. The predicted octanol–water partition coefficient (Wildman–Crippen LogP) is 5.63. The molecule has 0 saturated heterocycles. The molecule has 0 bridgehead atoms. The lowest BCUT2D eigenvalue weighted by molar-refractivity contribution is 0.269. The van der Waals surface area contributed by atoms with Crippen molar-refractivity contribution in [2.45, 2.75) is 40.0 Å². The Morgan fingerprint density at radius 1 is 1.03 bits per heavy atom. The van der Waals surface area contributed by atoms with E-state index in [1.54, 1.807) is 16.8 Å². The van der Waals surface area contributed by atoms with E-state index in [0.717, 1.165) is 24.1 Å². The summed E-state index contributed by atoms with van der Waals surface area (Å²) >= 11 is 18.7. The van der Waals surface area contributed by atoms with Crippen LogP contribution in [0.2, 0.25) is 15.1 Å². The highest BCUT2D eigenvalue weighted by molar-refractivity contribution is 6.35. The lowest BCUT2D eigenvalue weighted by atomic mass is 10.2. The molecule has 7 nitrogen and oxygen atoms in total. The molecule has 30 heavy (non-hydrogen) atoms. The summed E-state index contributed by atoms with van der Waals surface area (Å²) in [5.74, 6) is 1.62. The molecule has 1 aromatic heterocycles. The number of nitrogens with one attached hydrogen (secondary N) is 1. The van der Waals surface area contributed by atoms with Gasteiger partial charge in [-0.1, -0.05) is 52.9 Å². The van der Waals surface area contributed by atoms with Crippen LogP contribution in [-0.4, -0.2) is 26.8 Å². The Balaban J connectivity index is 1.75. The van der Waals surface area contributed by atoms with Crippen LogP contribution in [0.4, 0.5) is 5.95 Å². The number of hydrogen-bond acceptors (Lipinski definition) is 6. The van der Waals surface area contributed by atoms with Crippen LogP contribution in [0, 0.1) is 0 Å². The molecule has 1 heterocycles. The highest BCUT2D eigenvalue weighted by Gasteiger charge is 2.15. The highest BCUT2D eigenvalue weighted by Crippen LogP contribution is 2.38. The van der Waals surface area contributed by atoms with E-state index < -0.39 is 0 Å². The van der Waals surface area contributed by atoms with Gasteiger partial charge in [-0.3, -0.25) is 0 Å². The van der Waals surface area contributed by atoms with Gasteiger partial charge in [0.1, 0.15) is 6.61 Å². The standard InChI is InChI=1S/C20H22Cl3N5O2/c1-3-7-28-20(25-26-27-28)24-11-13-8-17(23)19(18(9-13)29-4-2)30-12-14-5-6-15(21)10-16(14)22/h5-6,8-10H,3-4,7,11-12H2,1-2H3,(H,24,25,27). The van der Waals surface area contributed by atoms with Crippen LogP contribution in [0.5, 0.6) is 11.5 Å². The van der Waals surface area contributed by atoms with Crippen molar-refractivity contribution >= 4 is 40.8 Å². The van der Waals surface area contributed by atoms with Crippen molar-refractivity contribution in [2.24, 2.45) is 0 Å². The van der Waals surface area contributed by atoms with E-state index in [0.29, 0.717) is 45.7 Å². The first-order valence-corrected chi connectivity index (χ1v) is 10.7. The maximum atomic E-state index is 6.51. The summed E-state index contributed by atoms with van der Waals surface area (Å²) in [6.07, 6.45) is 0.934. The zero-order chi connectivity index (χ0) is 21.5. The van der Waals surface area contributed by atoms with Gasteiger partial charge in [0, 0.05) is 28.7 Å². The molecule has 10 heteroatoms. The summed E-state index contributed by atoms with van der Waals surface area (Å²) in [6.45, 7) is 5.89. The number of aryl methyl sites for hydroxylation is 1. The van der Waals surface area contributed by atoms with Crippen LogP contribution in [0.1, 0.15) is 31.4 Å². The van der Waals surface area contributed by atoms with E-state index >= 15 is 0 Å². The molecule has 2 aromatic carbocycles. The van der Waals surface area contributed by atoms with Gasteiger partial charge in [0.2, 0.25) is 5.95 Å². The van der Waals surface area contributed by atoms with Crippen molar-refractivity contribution in [3.8, 4) is 11.5 Å². The van der Waals surface area contributed by atoms with E-state index in [1.807, 2.05) is 25.1 Å². The normalized spacial score (nSPS) is 10.8. The minimum Gasteiger partial charge on any atom is -0.490 e. The molecule has 0 radical (unpaired) electrons. The number of aromatic nitrogens is 4. The van der Waals surface area contributed by atoms with E-state index in [1.165, 1.54) is 0 Å². The second-order valence-electron chi connectivity index (χ2n) is 6.44. The SMILES string of the molecule is CCCn1nnnc1NCc1cc(Cl)c(OCc2ccc(Cl)cc2Cl)c(OCC)c1. The Hall–Kier alpha value is -2.22. The first kappa shape index (κ1) is 22.5. The average molecular weight is 471 g/mol. The summed E-state index contributed by atoms with van der Waals surface area (Å²) in [6, 6.07) is 8.96. The Kier molecular flexibility index (Phi) is 8.01. The zero-order valence-corrected chi connectivity index (χ0v) is 18.9. The number of tetrazole rings is 1. The molecule has 0 unspecified atom stereocenters. The molecule has 3 aromatic rings. The molecule has 0 aliphatic carbocycles. The fraction of sp³-hybridized carbons (Fsp3) is 0.350. The molecule has 160 valence electrons. The van der Waals surface area contributed by atoms with Crippen molar-refractivity contribution in [3.05, 3.63) is 56.5 Å². The van der Waals surface area contributed by atoms with Crippen molar-refractivity contribution in [2.75, 3.05) is 11.9 Å². The summed E-state index contributed by atoms with van der Waals surface area (Å²) in [7, 11) is 0. The largest absolute Gasteiger partial charge is 0.490 e. The predicted molar refractivity (Wildman–Crippen MR) is 119 cm³/mol. The van der Waals surface area contributed by atoms with Crippen molar-refractivity contribution in [3.63, 3.8) is 0 Å². The van der Waals surface area contributed by atoms with Gasteiger partial charge in [0.15, 0.2) is 11.5 Å². The lowest BCUT2D eigenvalue weighted by Crippen LogP contribution is -2.09. The smallest absolute Gasteiger partial charge is 0.243 e. The molecule has 0 amide bonds. The van der Waals surface area contributed by atoms with Gasteiger partial charge in [-0.2, -0.15) is 0 Å². The Labute approximate surface area is 190 Å². The molecule has 1 N–H and O–H groups in total. The quantitative estimate of drug-likeness (QED) is 0.414. The maximum Gasteiger partial charge on any atom is 0.243 e. The molecule has 0 aliphatic rings. The minimum atomic E-state index is 0.235. The monoisotopic (exact) mass is 469 g/mol. The molecule has 0 aliphatic heterocycles. The molecule has 0 spiro atoms. The number of benzene rings is 2. The number of nitrogens with zero attached hydrogens (tertiary/aromatic N) is 4. The van der Waals surface area contributed by atoms with Gasteiger partial charge in [0.25, 0.3) is 0 Å². The first-order chi connectivity index (χ1) is 14.5. The summed E-state index contributed by atoms with van der Waals surface area (Å²) < 4.78 is 13.4. The molecule has 3 rings (SSSR count). The fourth-order valence-electron chi connectivity index (χ4n) is 2.79. The van der Waals surface area contributed by atoms with Gasteiger partial charge < -0.3 is 14.8 Å². The molecule has 0 saturated carbocycles. The number of anilines is 1. The van der Waals surface area contributed by atoms with Crippen LogP contribution in [-0.2, 0) is 19.7 Å². The number of halogens is 3. The van der Waals surface area contributed by atoms with Crippen molar-refractivity contribution < 1.29 is 9.47 Å². The molecular formula is C20H22Cl3N5O2. The first-order valence-electron chi connectivity index (χ1n) is 9.53. The summed E-state index contributed by atoms with van der Waals surface area (Å²) in [5.41, 5.74) is 1.71. The minimum absolute atomic E-state index is 0.235. The second-order valence-corrected chi connectivity index (χ2v) is 7.69. The van der Waals surface area contributed by atoms with Crippen molar-refractivity contribution in [1.82, 2.24) is 20.2 Å². The van der Waals surface area contributed by atoms with Crippen LogP contribution < -0.4 is 14.8 Å². The molecule has 0 fully saturated rings. The Morgan fingerprint density at radius 3 is 2.60 bits per heavy atom. The van der Waals surface area contributed by atoms with E-state index in [4.69, 9.17) is 44.3 Å². The lowest BCUT2D eigenvalue weighted by Gasteiger charge is -2.16. The number of hydrogen-bond donors (Lipinski definition) is 1. The van der Waals surface area contributed by atoms with Crippen LogP contribution in [0.15, 0.2) is 30.3 Å². The van der Waals surface area contributed by atoms with Crippen molar-refractivity contribution in [1.29, 1.82) is 0 Å². The topological polar surface area (TPSA) is 74.1 Å². The van der Waals surface area contributed by atoms with Gasteiger partial charge in [-0.05, 0) is 53.6 Å². The fourth-order valence-corrected chi connectivity index (χ4v) is 3.54. The van der Waals surface area contributed by atoms with Crippen LogP contribution in [0.3, 0.4) is 0 Å². The van der Waals surface area contributed by atoms with Crippen LogP contribution in [0.25, 0.3) is 0 Å². The highest BCUT2D eigenvalue weighted by atomic mass is 35.5. The maximum absolute atomic E-state index is 6.51. The van der Waals surface area contributed by atoms with Gasteiger partial charge in [-0.15, -0.1) is 0 Å². The molecular weight excluding hydrogens is 449 g/mol. The third kappa shape index (κ3) is 5.68. The Bertz CT molecular complexity index is 997. The van der Waals surface area contributed by atoms with E-state index in [2.05, 4.69) is 27.8 Å². The van der Waals surface area contributed by atoms with E-state index in [9.17, 15) is 0 Å². The van der Waals surface area contributed by atoms with Gasteiger partial charge in [0.05, 0.1) is 11.6 Å². The van der Waals surface area contributed by atoms with Gasteiger partial charge >= 0.3 is 0 Å². The van der Waals surface area contributed by atoms with Crippen LogP contribution >= 0.6 is 34.8 Å². The number of ether oxygens (including phenoxy) is 2. The molecule has 0 atom stereocenters. The third-order valence-corrected chi connectivity index (χ3v) is 5.04. The second kappa shape index (κ2) is 10.7. The van der Waals surface area contributed by atoms with E-state index in [-0.39, 0.29) is 6.61 Å². The zero-order valence-electron chi connectivity index (χ0n) is 16.7. The summed E-state index contributed by atoms with van der Waals surface area (Å²) in [5, 5.41) is 16.4. The van der Waals surface area contributed by atoms with Gasteiger partial charge in [-0.25, -0.2) is 4.68 Å². The summed E-state index contributed by atoms with van der Waals surface area (Å²) in [4.78, 5) is 0. The Morgan fingerprint density at radius 2 is 1.87 bits per heavy atom. The average Bonchev–Trinajstić information content (AvgIpc) is 3.15.